The molecule has 0 spiro atoms. The van der Waals surface area contributed by atoms with Gasteiger partial charge in [-0.25, -0.2) is 0 Å². The minimum absolute atomic E-state index is 1.02. The summed E-state index contributed by atoms with van der Waals surface area (Å²) in [6.45, 7) is 5.45. The van der Waals surface area contributed by atoms with Crippen LogP contribution < -0.4 is 0 Å². The zero-order valence-corrected chi connectivity index (χ0v) is 17.2. The van der Waals surface area contributed by atoms with Crippen LogP contribution in [0.15, 0.2) is 28.8 Å². The summed E-state index contributed by atoms with van der Waals surface area (Å²) in [6, 6.07) is 0. The molecule has 0 amide bonds. The van der Waals surface area contributed by atoms with E-state index in [1.807, 2.05) is 0 Å². The third-order valence-corrected chi connectivity index (χ3v) is 5.30. The smallest absolute Gasteiger partial charge is 0.0433 e. The molecule has 0 saturated heterocycles. The third-order valence-electron chi connectivity index (χ3n) is 5.30. The molecular weight excluding hydrogens is 302 g/mol. The lowest BCUT2D eigenvalue weighted by atomic mass is 10.0. The Morgan fingerprint density at radius 3 is 1.76 bits per heavy atom. The van der Waals surface area contributed by atoms with Gasteiger partial charge < -0.3 is 0 Å². The molecule has 0 radical (unpaired) electrons. The Bertz CT molecular complexity index is 389. The van der Waals surface area contributed by atoms with Crippen LogP contribution in [-0.2, 0) is 0 Å². The van der Waals surface area contributed by atoms with Crippen molar-refractivity contribution in [2.75, 3.05) is 6.54 Å². The fourth-order valence-corrected chi connectivity index (χ4v) is 3.54. The summed E-state index contributed by atoms with van der Waals surface area (Å²) < 4.78 is 0. The van der Waals surface area contributed by atoms with Crippen molar-refractivity contribution in [3.63, 3.8) is 0 Å². The Labute approximate surface area is 158 Å². The van der Waals surface area contributed by atoms with E-state index in [0.717, 1.165) is 6.54 Å². The molecule has 144 valence electrons. The van der Waals surface area contributed by atoms with Crippen LogP contribution in [0.4, 0.5) is 0 Å². The number of aliphatic imine (C=N–C) groups is 1. The molecule has 0 aromatic heterocycles. The van der Waals surface area contributed by atoms with E-state index in [1.165, 1.54) is 114 Å². The van der Waals surface area contributed by atoms with E-state index >= 15 is 0 Å². The molecule has 0 fully saturated rings. The first-order chi connectivity index (χ1) is 12.3. The second-order valence-electron chi connectivity index (χ2n) is 7.67. The molecule has 1 heteroatoms. The molecule has 1 aliphatic heterocycles. The second kappa shape index (κ2) is 16.6. The van der Waals surface area contributed by atoms with Gasteiger partial charge >= 0.3 is 0 Å². The highest BCUT2D eigenvalue weighted by atomic mass is 14.8. The molecule has 0 aromatic carbocycles. The van der Waals surface area contributed by atoms with Gasteiger partial charge in [-0.1, -0.05) is 82.9 Å². The summed E-state index contributed by atoms with van der Waals surface area (Å²) in [5.74, 6) is 0. The van der Waals surface area contributed by atoms with Crippen molar-refractivity contribution in [1.82, 2.24) is 0 Å². The van der Waals surface area contributed by atoms with Crippen molar-refractivity contribution >= 4 is 5.71 Å². The lowest BCUT2D eigenvalue weighted by Gasteiger charge is -2.02. The average Bonchev–Trinajstić information content (AvgIpc) is 3.02. The zero-order valence-electron chi connectivity index (χ0n) is 17.2. The minimum Gasteiger partial charge on any atom is -0.289 e. The molecule has 0 atom stereocenters. The molecule has 25 heavy (non-hydrogen) atoms. The van der Waals surface area contributed by atoms with Gasteiger partial charge in [0.1, 0.15) is 0 Å². The highest BCUT2D eigenvalue weighted by Crippen LogP contribution is 2.16. The van der Waals surface area contributed by atoms with Crippen LogP contribution >= 0.6 is 0 Å². The first-order valence-corrected chi connectivity index (χ1v) is 11.2. The van der Waals surface area contributed by atoms with Crippen LogP contribution in [0, 0.1) is 0 Å². The van der Waals surface area contributed by atoms with Gasteiger partial charge in [-0.2, -0.15) is 0 Å². The fraction of sp³-hybridized carbons (Fsp3) is 0.792. The predicted octanol–water partition coefficient (Wildman–Crippen LogP) is 8.21. The molecule has 0 aliphatic carbocycles. The van der Waals surface area contributed by atoms with Crippen LogP contribution in [0.2, 0.25) is 0 Å². The molecule has 0 bridgehead atoms. The number of rotatable bonds is 16. The maximum Gasteiger partial charge on any atom is 0.0433 e. The van der Waals surface area contributed by atoms with Crippen molar-refractivity contribution in [3.8, 4) is 0 Å². The van der Waals surface area contributed by atoms with Gasteiger partial charge in [-0.05, 0) is 57.4 Å². The lowest BCUT2D eigenvalue weighted by Crippen LogP contribution is -1.89. The number of hydrogen-bond acceptors (Lipinski definition) is 1. The van der Waals surface area contributed by atoms with E-state index in [2.05, 4.69) is 37.1 Å². The Balaban J connectivity index is 1.76. The second-order valence-corrected chi connectivity index (χ2v) is 7.67. The van der Waals surface area contributed by atoms with Gasteiger partial charge in [0, 0.05) is 12.3 Å². The molecule has 1 aliphatic rings. The molecular formula is C24H43N. The van der Waals surface area contributed by atoms with Crippen molar-refractivity contribution in [3.05, 3.63) is 23.8 Å². The largest absolute Gasteiger partial charge is 0.289 e. The first-order valence-electron chi connectivity index (χ1n) is 11.2. The number of allylic oxidation sites excluding steroid dienone is 3. The van der Waals surface area contributed by atoms with Crippen molar-refractivity contribution in [2.24, 2.45) is 4.99 Å². The Morgan fingerprint density at radius 1 is 0.720 bits per heavy atom. The van der Waals surface area contributed by atoms with E-state index in [0.29, 0.717) is 0 Å². The Morgan fingerprint density at radius 2 is 1.24 bits per heavy atom. The topological polar surface area (TPSA) is 12.4 Å². The maximum absolute atomic E-state index is 4.46. The Kier molecular flexibility index (Phi) is 14.7. The number of nitrogens with zero attached hydrogens (tertiary/aromatic N) is 1. The molecule has 1 rings (SSSR count). The van der Waals surface area contributed by atoms with E-state index in [9.17, 15) is 0 Å². The standard InChI is InChI=1S/C24H43N/c1-3-4-5-6-7-8-9-10-11-12-13-14-15-16-17-18-19-20-24-21-22-25-23(24)2/h8-9,20H,3-7,10-19,21-22H2,1-2H3/b9-8-,24-20+. The quantitative estimate of drug-likeness (QED) is 0.197. The van der Waals surface area contributed by atoms with E-state index in [1.54, 1.807) is 0 Å². The SMILES string of the molecule is CCCCCC/C=C\CCCCCCCCCC/C=C1\CCN=C1C. The van der Waals surface area contributed by atoms with E-state index in [-0.39, 0.29) is 0 Å². The predicted molar refractivity (Wildman–Crippen MR) is 115 cm³/mol. The maximum atomic E-state index is 4.46. The summed E-state index contributed by atoms with van der Waals surface area (Å²) in [5, 5.41) is 0. The van der Waals surface area contributed by atoms with Crippen LogP contribution in [0.1, 0.15) is 117 Å². The van der Waals surface area contributed by atoms with Gasteiger partial charge in [-0.15, -0.1) is 0 Å². The molecule has 0 saturated carbocycles. The summed E-state index contributed by atoms with van der Waals surface area (Å²) >= 11 is 0. The summed E-state index contributed by atoms with van der Waals surface area (Å²) in [4.78, 5) is 4.46. The normalized spacial score (nSPS) is 16.2. The highest BCUT2D eigenvalue weighted by Gasteiger charge is 2.06. The summed E-state index contributed by atoms with van der Waals surface area (Å²) in [7, 11) is 0. The average molecular weight is 346 g/mol. The van der Waals surface area contributed by atoms with E-state index < -0.39 is 0 Å². The van der Waals surface area contributed by atoms with Gasteiger partial charge in [-0.3, -0.25) is 4.99 Å². The van der Waals surface area contributed by atoms with Crippen molar-refractivity contribution in [1.29, 1.82) is 0 Å². The minimum atomic E-state index is 1.02. The number of hydrogen-bond donors (Lipinski definition) is 0. The zero-order chi connectivity index (χ0) is 18.0. The monoisotopic (exact) mass is 345 g/mol. The lowest BCUT2D eigenvalue weighted by molar-refractivity contribution is 0.571. The van der Waals surface area contributed by atoms with Gasteiger partial charge in [0.05, 0.1) is 0 Å². The summed E-state index contributed by atoms with van der Waals surface area (Å²) in [6.07, 6.45) is 29.1. The van der Waals surface area contributed by atoms with Crippen LogP contribution in [-0.4, -0.2) is 12.3 Å². The Hall–Kier alpha value is -0.850. The van der Waals surface area contributed by atoms with Crippen LogP contribution in [0.25, 0.3) is 0 Å². The first kappa shape index (κ1) is 22.2. The molecule has 1 heterocycles. The summed E-state index contributed by atoms with van der Waals surface area (Å²) in [5.41, 5.74) is 2.79. The molecule has 0 aromatic rings. The number of unbranched alkanes of at least 4 members (excludes halogenated alkanes) is 13. The van der Waals surface area contributed by atoms with Crippen molar-refractivity contribution in [2.45, 2.75) is 117 Å². The third kappa shape index (κ3) is 13.1. The van der Waals surface area contributed by atoms with Gasteiger partial charge in [0.15, 0.2) is 0 Å². The highest BCUT2D eigenvalue weighted by molar-refractivity contribution is 5.99. The van der Waals surface area contributed by atoms with Gasteiger partial charge in [0.25, 0.3) is 0 Å². The molecule has 1 nitrogen and oxygen atoms in total. The van der Waals surface area contributed by atoms with Gasteiger partial charge in [0.2, 0.25) is 0 Å². The molecule has 0 N–H and O–H groups in total. The van der Waals surface area contributed by atoms with E-state index in [4.69, 9.17) is 0 Å². The van der Waals surface area contributed by atoms with Crippen molar-refractivity contribution < 1.29 is 0 Å². The molecule has 0 unspecified atom stereocenters. The fourth-order valence-electron chi connectivity index (χ4n) is 3.54. The van der Waals surface area contributed by atoms with Crippen LogP contribution in [0.3, 0.4) is 0 Å². The van der Waals surface area contributed by atoms with Crippen LogP contribution in [0.5, 0.6) is 0 Å².